The summed E-state index contributed by atoms with van der Waals surface area (Å²) >= 11 is 6.41. The van der Waals surface area contributed by atoms with E-state index >= 15 is 0 Å². The van der Waals surface area contributed by atoms with Crippen LogP contribution < -0.4 is 38.6 Å². The maximum Gasteiger partial charge on any atom is 0.257 e. The van der Waals surface area contributed by atoms with Crippen molar-refractivity contribution in [3.63, 3.8) is 0 Å². The predicted molar refractivity (Wildman–Crippen MR) is 146 cm³/mol. The maximum absolute atomic E-state index is 12.3. The summed E-state index contributed by atoms with van der Waals surface area (Å²) in [6.45, 7) is 3.40. The summed E-state index contributed by atoms with van der Waals surface area (Å²) in [5.41, 5.74) is 1.58. The highest BCUT2D eigenvalue weighted by molar-refractivity contribution is 6.32. The van der Waals surface area contributed by atoms with Gasteiger partial charge < -0.3 is 34.0 Å². The number of halogens is 2. The van der Waals surface area contributed by atoms with Crippen LogP contribution in [0.15, 0.2) is 42.7 Å². The normalized spacial score (nSPS) is 10.6. The van der Waals surface area contributed by atoms with Gasteiger partial charge in [0, 0.05) is 12.6 Å². The molecule has 0 aliphatic rings. The van der Waals surface area contributed by atoms with Crippen molar-refractivity contribution < 1.29 is 38.1 Å². The van der Waals surface area contributed by atoms with Crippen molar-refractivity contribution in [3.05, 3.63) is 58.9 Å². The average molecular weight is 629 g/mol. The Balaban J connectivity index is 0.00000648. The Labute approximate surface area is 241 Å². The van der Waals surface area contributed by atoms with Crippen LogP contribution in [-0.4, -0.2) is 12.5 Å². The first-order valence-corrected chi connectivity index (χ1v) is 14.1. The van der Waals surface area contributed by atoms with Gasteiger partial charge in [0.1, 0.15) is 18.4 Å². The summed E-state index contributed by atoms with van der Waals surface area (Å²) in [6, 6.07) is 9.38. The molecular weight excluding hydrogens is 583 g/mol. The third-order valence-corrected chi connectivity index (χ3v) is 6.70. The monoisotopic (exact) mass is 628 g/mol. The number of aromatic nitrogens is 1. The van der Waals surface area contributed by atoms with Gasteiger partial charge in [-0.2, -0.15) is 0 Å². The molecule has 0 aliphatic carbocycles. The summed E-state index contributed by atoms with van der Waals surface area (Å²) in [6.07, 6.45) is 22.6. The highest BCUT2D eigenvalue weighted by atomic mass is 127. The zero-order valence-electron chi connectivity index (χ0n) is 22.4. The van der Waals surface area contributed by atoms with E-state index in [-0.39, 0.29) is 29.9 Å². The molecule has 0 saturated heterocycles. The minimum Gasteiger partial charge on any atom is -1.00 e. The van der Waals surface area contributed by atoms with Crippen LogP contribution in [0.4, 0.5) is 0 Å². The number of amides is 1. The highest BCUT2D eigenvalue weighted by Crippen LogP contribution is 2.26. The lowest BCUT2D eigenvalue weighted by molar-refractivity contribution is -0.671. The van der Waals surface area contributed by atoms with Gasteiger partial charge in [0.2, 0.25) is 0 Å². The Morgan fingerprint density at radius 3 is 2.03 bits per heavy atom. The van der Waals surface area contributed by atoms with E-state index in [0.29, 0.717) is 29.5 Å². The van der Waals surface area contributed by atoms with Crippen LogP contribution >= 0.6 is 11.6 Å². The van der Waals surface area contributed by atoms with Gasteiger partial charge in [0.25, 0.3) is 5.91 Å². The number of nitrogens with zero attached hydrogens (tertiary/aromatic N) is 1. The molecule has 36 heavy (non-hydrogen) atoms. The van der Waals surface area contributed by atoms with Gasteiger partial charge in [-0.1, -0.05) is 108 Å². The molecule has 4 nitrogen and oxygen atoms in total. The number of carbonyl (C=O) groups is 1. The number of hydrogen-bond acceptors (Lipinski definition) is 2. The van der Waals surface area contributed by atoms with Gasteiger partial charge in [-0.25, -0.2) is 4.57 Å². The number of ether oxygens (including phenoxy) is 1. The molecule has 1 heterocycles. The summed E-state index contributed by atoms with van der Waals surface area (Å²) in [4.78, 5) is 12.3. The standard InChI is InChI=1S/C30H45ClN2O2.HI/c1-3-4-5-6-7-8-9-10-11-12-13-14-15-16-22-35-29-20-19-26(23-28(29)31)24-32-30(34)27-18-17-21-33(2)25-27;/h17-21,23,25H,3-16,22,24H2,1-2H3;1H. The van der Waals surface area contributed by atoms with Gasteiger partial charge in [-0.3, -0.25) is 4.79 Å². The van der Waals surface area contributed by atoms with E-state index in [1.807, 2.05) is 42.1 Å². The summed E-state index contributed by atoms with van der Waals surface area (Å²) < 4.78 is 7.74. The van der Waals surface area contributed by atoms with E-state index in [0.717, 1.165) is 12.0 Å². The number of benzene rings is 1. The van der Waals surface area contributed by atoms with Crippen molar-refractivity contribution in [3.8, 4) is 5.75 Å². The molecule has 2 rings (SSSR count). The fraction of sp³-hybridized carbons (Fsp3) is 0.600. The van der Waals surface area contributed by atoms with E-state index in [1.165, 1.54) is 83.5 Å². The van der Waals surface area contributed by atoms with Crippen LogP contribution in [-0.2, 0) is 13.6 Å². The molecule has 202 valence electrons. The van der Waals surface area contributed by atoms with E-state index in [2.05, 4.69) is 12.2 Å². The number of carbonyl (C=O) groups excluding carboxylic acids is 1. The summed E-state index contributed by atoms with van der Waals surface area (Å²) in [5.74, 6) is 0.613. The molecule has 1 aromatic heterocycles. The highest BCUT2D eigenvalue weighted by Gasteiger charge is 2.10. The quantitative estimate of drug-likeness (QED) is 0.136. The number of hydrogen-bond donors (Lipinski definition) is 1. The van der Waals surface area contributed by atoms with Gasteiger partial charge in [-0.15, -0.1) is 0 Å². The number of rotatable bonds is 19. The van der Waals surface area contributed by atoms with Crippen molar-refractivity contribution >= 4 is 17.5 Å². The molecule has 1 amide bonds. The third-order valence-electron chi connectivity index (χ3n) is 6.41. The fourth-order valence-corrected chi connectivity index (χ4v) is 4.51. The molecule has 0 spiro atoms. The van der Waals surface area contributed by atoms with E-state index in [4.69, 9.17) is 16.3 Å². The minimum atomic E-state index is -0.101. The molecule has 1 N–H and O–H groups in total. The Hall–Kier alpha value is -1.34. The van der Waals surface area contributed by atoms with E-state index in [9.17, 15) is 4.79 Å². The number of aryl methyl sites for hydroxylation is 1. The van der Waals surface area contributed by atoms with Crippen molar-refractivity contribution in [2.75, 3.05) is 6.61 Å². The van der Waals surface area contributed by atoms with Crippen molar-refractivity contribution in [2.24, 2.45) is 7.05 Å². The minimum absolute atomic E-state index is 0. The molecule has 0 fully saturated rings. The first kappa shape index (κ1) is 32.7. The molecule has 0 aliphatic heterocycles. The largest absolute Gasteiger partial charge is 1.00 e. The summed E-state index contributed by atoms with van der Waals surface area (Å²) in [7, 11) is 1.90. The summed E-state index contributed by atoms with van der Waals surface area (Å²) in [5, 5.41) is 3.53. The Morgan fingerprint density at radius 2 is 1.47 bits per heavy atom. The van der Waals surface area contributed by atoms with Gasteiger partial charge in [0.05, 0.1) is 11.6 Å². The van der Waals surface area contributed by atoms with E-state index < -0.39 is 0 Å². The molecule has 6 heteroatoms. The molecule has 2 aromatic rings. The van der Waals surface area contributed by atoms with Crippen LogP contribution in [0.25, 0.3) is 0 Å². The molecule has 0 bridgehead atoms. The first-order valence-electron chi connectivity index (χ1n) is 13.7. The third kappa shape index (κ3) is 14.4. The lowest BCUT2D eigenvalue weighted by atomic mass is 10.0. The zero-order chi connectivity index (χ0) is 25.1. The Morgan fingerprint density at radius 1 is 0.889 bits per heavy atom. The SMILES string of the molecule is CCCCCCCCCCCCCCCCOc1ccc(CNC(=O)c2ccc[n+](C)c2)cc1Cl.[I-]. The van der Waals surface area contributed by atoms with Crippen LogP contribution in [0.3, 0.4) is 0 Å². The van der Waals surface area contributed by atoms with Gasteiger partial charge >= 0.3 is 0 Å². The number of pyridine rings is 1. The van der Waals surface area contributed by atoms with Crippen LogP contribution in [0, 0.1) is 0 Å². The molecule has 1 aromatic carbocycles. The van der Waals surface area contributed by atoms with Crippen LogP contribution in [0.2, 0.25) is 5.02 Å². The average Bonchev–Trinajstić information content (AvgIpc) is 2.86. The van der Waals surface area contributed by atoms with Crippen molar-refractivity contribution in [2.45, 2.75) is 103 Å². The lowest BCUT2D eigenvalue weighted by Crippen LogP contribution is -3.00. The Kier molecular flexibility index (Phi) is 18.8. The second kappa shape index (κ2) is 20.7. The molecule has 0 atom stereocenters. The van der Waals surface area contributed by atoms with E-state index in [1.54, 1.807) is 12.3 Å². The Bertz CT molecular complexity index is 863. The van der Waals surface area contributed by atoms with Crippen molar-refractivity contribution in [1.82, 2.24) is 5.32 Å². The molecule has 0 unspecified atom stereocenters. The number of nitrogens with one attached hydrogen (secondary N) is 1. The maximum atomic E-state index is 12.3. The second-order valence-corrected chi connectivity index (χ2v) is 10.1. The molecular formula is C30H46ClIN2O2. The van der Waals surface area contributed by atoms with Gasteiger partial charge in [-0.05, 0) is 30.2 Å². The van der Waals surface area contributed by atoms with Crippen LogP contribution in [0.1, 0.15) is 113 Å². The fourth-order valence-electron chi connectivity index (χ4n) is 4.26. The smallest absolute Gasteiger partial charge is 0.257 e. The topological polar surface area (TPSA) is 42.2 Å². The molecule has 0 radical (unpaired) electrons. The van der Waals surface area contributed by atoms with Crippen LogP contribution in [0.5, 0.6) is 5.75 Å². The van der Waals surface area contributed by atoms with Gasteiger partial charge in [0.15, 0.2) is 12.4 Å². The number of unbranched alkanes of at least 4 members (excludes halogenated alkanes) is 13. The first-order chi connectivity index (χ1) is 17.1. The second-order valence-electron chi connectivity index (χ2n) is 9.65. The molecule has 0 saturated carbocycles. The lowest BCUT2D eigenvalue weighted by Gasteiger charge is -2.10. The predicted octanol–water partition coefficient (Wildman–Crippen LogP) is 4.96. The van der Waals surface area contributed by atoms with Crippen molar-refractivity contribution in [1.29, 1.82) is 0 Å². The zero-order valence-corrected chi connectivity index (χ0v) is 25.3.